The Balaban J connectivity index is 2.56. The summed E-state index contributed by atoms with van der Waals surface area (Å²) < 4.78 is 5.95. The molecule has 1 unspecified atom stereocenters. The molecule has 0 aliphatic carbocycles. The summed E-state index contributed by atoms with van der Waals surface area (Å²) in [6.07, 6.45) is 2.17. The zero-order valence-corrected chi connectivity index (χ0v) is 12.2. The standard InChI is InChI=1S/C14H14BrNO3/c1-8(2)14(19-7-18)9-3-11(15)13-10(6-17)5-16-12(13)4-9/h3-8,14,16H,1-2H3. The van der Waals surface area contributed by atoms with Gasteiger partial charge in [0.05, 0.1) is 0 Å². The van der Waals surface area contributed by atoms with Crippen molar-refractivity contribution < 1.29 is 14.3 Å². The molecule has 2 rings (SSSR count). The first-order valence-corrected chi connectivity index (χ1v) is 6.72. The highest BCUT2D eigenvalue weighted by Gasteiger charge is 2.19. The molecule has 0 aliphatic heterocycles. The first-order valence-electron chi connectivity index (χ1n) is 5.93. The normalized spacial score (nSPS) is 12.6. The number of carbonyl (C=O) groups is 2. The van der Waals surface area contributed by atoms with Crippen LogP contribution < -0.4 is 0 Å². The molecule has 2 aromatic rings. The molecule has 1 aromatic carbocycles. The predicted molar refractivity (Wildman–Crippen MR) is 76.1 cm³/mol. The molecule has 4 nitrogen and oxygen atoms in total. The van der Waals surface area contributed by atoms with Crippen molar-refractivity contribution in [3.05, 3.63) is 33.9 Å². The van der Waals surface area contributed by atoms with Crippen LogP contribution in [0.2, 0.25) is 0 Å². The number of carbonyl (C=O) groups excluding carboxylic acids is 2. The second-order valence-electron chi connectivity index (χ2n) is 4.68. The molecular formula is C14H14BrNO3. The summed E-state index contributed by atoms with van der Waals surface area (Å²) in [6.45, 7) is 4.43. The first-order chi connectivity index (χ1) is 9.08. The summed E-state index contributed by atoms with van der Waals surface area (Å²) in [5, 5.41) is 0.840. The van der Waals surface area contributed by atoms with Gasteiger partial charge in [-0.1, -0.05) is 29.8 Å². The van der Waals surface area contributed by atoms with Gasteiger partial charge in [0, 0.05) is 27.1 Å². The zero-order valence-electron chi connectivity index (χ0n) is 10.6. The van der Waals surface area contributed by atoms with Gasteiger partial charge in [0.25, 0.3) is 6.47 Å². The molecule has 0 bridgehead atoms. The van der Waals surface area contributed by atoms with Crippen LogP contribution in [0.4, 0.5) is 0 Å². The summed E-state index contributed by atoms with van der Waals surface area (Å²) >= 11 is 3.46. The van der Waals surface area contributed by atoms with Gasteiger partial charge in [-0.05, 0) is 23.6 Å². The van der Waals surface area contributed by atoms with Gasteiger partial charge < -0.3 is 9.72 Å². The molecule has 1 atom stereocenters. The number of nitrogens with one attached hydrogen (secondary N) is 1. The van der Waals surface area contributed by atoms with Crippen LogP contribution in [0, 0.1) is 5.92 Å². The van der Waals surface area contributed by atoms with Crippen molar-refractivity contribution in [2.45, 2.75) is 20.0 Å². The molecule has 0 saturated heterocycles. The smallest absolute Gasteiger partial charge is 0.293 e. The maximum absolute atomic E-state index is 11.0. The van der Waals surface area contributed by atoms with Gasteiger partial charge in [0.1, 0.15) is 6.10 Å². The molecular weight excluding hydrogens is 310 g/mol. The number of aldehydes is 1. The molecule has 19 heavy (non-hydrogen) atoms. The van der Waals surface area contributed by atoms with E-state index < -0.39 is 0 Å². The van der Waals surface area contributed by atoms with Crippen molar-refractivity contribution in [2.24, 2.45) is 5.92 Å². The van der Waals surface area contributed by atoms with Crippen LogP contribution in [0.15, 0.2) is 22.8 Å². The van der Waals surface area contributed by atoms with E-state index in [-0.39, 0.29) is 12.0 Å². The van der Waals surface area contributed by atoms with E-state index >= 15 is 0 Å². The molecule has 0 amide bonds. The summed E-state index contributed by atoms with van der Waals surface area (Å²) in [5.74, 6) is 0.162. The largest absolute Gasteiger partial charge is 0.459 e. The number of aromatic nitrogens is 1. The van der Waals surface area contributed by atoms with Crippen LogP contribution in [-0.2, 0) is 9.53 Å². The molecule has 1 N–H and O–H groups in total. The van der Waals surface area contributed by atoms with Gasteiger partial charge in [-0.25, -0.2) is 0 Å². The van der Waals surface area contributed by atoms with Crippen molar-refractivity contribution in [3.8, 4) is 0 Å². The maximum Gasteiger partial charge on any atom is 0.293 e. The number of fused-ring (bicyclic) bond motifs is 1. The van der Waals surface area contributed by atoms with Crippen LogP contribution >= 0.6 is 15.9 Å². The molecule has 1 heterocycles. The molecule has 0 radical (unpaired) electrons. The average Bonchev–Trinajstić information content (AvgIpc) is 2.78. The van der Waals surface area contributed by atoms with Crippen molar-refractivity contribution >= 4 is 39.6 Å². The lowest BCUT2D eigenvalue weighted by molar-refractivity contribution is -0.136. The third kappa shape index (κ3) is 2.56. The van der Waals surface area contributed by atoms with Gasteiger partial charge in [0.15, 0.2) is 6.29 Å². The van der Waals surface area contributed by atoms with Gasteiger partial charge in [-0.2, -0.15) is 0 Å². The van der Waals surface area contributed by atoms with E-state index in [2.05, 4.69) is 20.9 Å². The molecule has 0 aliphatic rings. The Bertz CT molecular complexity index is 618. The number of rotatable bonds is 5. The Kier molecular flexibility index (Phi) is 4.04. The van der Waals surface area contributed by atoms with E-state index in [1.54, 1.807) is 6.20 Å². The second-order valence-corrected chi connectivity index (χ2v) is 5.54. The highest BCUT2D eigenvalue weighted by molar-refractivity contribution is 9.10. The fourth-order valence-electron chi connectivity index (χ4n) is 2.20. The lowest BCUT2D eigenvalue weighted by atomic mass is 9.97. The SMILES string of the molecule is CC(C)C(OC=O)c1cc(Br)c2c(C=O)c[nH]c2c1. The Hall–Kier alpha value is -1.62. The zero-order chi connectivity index (χ0) is 14.0. The van der Waals surface area contributed by atoms with Gasteiger partial charge in [-0.15, -0.1) is 0 Å². The first kappa shape index (κ1) is 13.8. The van der Waals surface area contributed by atoms with Crippen molar-refractivity contribution in [3.63, 3.8) is 0 Å². The Morgan fingerprint density at radius 2 is 2.05 bits per heavy atom. The third-order valence-corrected chi connectivity index (χ3v) is 3.67. The maximum atomic E-state index is 11.0. The Morgan fingerprint density at radius 3 is 2.63 bits per heavy atom. The Labute approximate surface area is 119 Å². The second kappa shape index (κ2) is 5.57. The molecule has 5 heteroatoms. The van der Waals surface area contributed by atoms with E-state index in [1.165, 1.54) is 0 Å². The Morgan fingerprint density at radius 1 is 1.32 bits per heavy atom. The molecule has 0 spiro atoms. The fourth-order valence-corrected chi connectivity index (χ4v) is 2.91. The minimum absolute atomic E-state index is 0.162. The monoisotopic (exact) mass is 323 g/mol. The number of hydrogen-bond acceptors (Lipinski definition) is 3. The highest BCUT2D eigenvalue weighted by atomic mass is 79.9. The minimum Gasteiger partial charge on any atom is -0.459 e. The van der Waals surface area contributed by atoms with Crippen LogP contribution in [-0.4, -0.2) is 17.7 Å². The van der Waals surface area contributed by atoms with E-state index in [4.69, 9.17) is 4.74 Å². The summed E-state index contributed by atoms with van der Waals surface area (Å²) in [4.78, 5) is 24.6. The van der Waals surface area contributed by atoms with E-state index in [0.717, 1.165) is 27.2 Å². The number of H-pyrrole nitrogens is 1. The average molecular weight is 324 g/mol. The molecule has 0 fully saturated rings. The molecule has 100 valence electrons. The lowest BCUT2D eigenvalue weighted by Gasteiger charge is -2.19. The van der Waals surface area contributed by atoms with Crippen LogP contribution in [0.5, 0.6) is 0 Å². The molecule has 1 aromatic heterocycles. The number of ether oxygens (including phenoxy) is 1. The number of halogens is 1. The van der Waals surface area contributed by atoms with Crippen LogP contribution in [0.3, 0.4) is 0 Å². The van der Waals surface area contributed by atoms with Crippen molar-refractivity contribution in [1.29, 1.82) is 0 Å². The highest BCUT2D eigenvalue weighted by Crippen LogP contribution is 2.33. The lowest BCUT2D eigenvalue weighted by Crippen LogP contribution is -2.10. The van der Waals surface area contributed by atoms with Gasteiger partial charge >= 0.3 is 0 Å². The summed E-state index contributed by atoms with van der Waals surface area (Å²) in [5.41, 5.74) is 2.33. The number of hydrogen-bond donors (Lipinski definition) is 1. The van der Waals surface area contributed by atoms with E-state index in [9.17, 15) is 9.59 Å². The van der Waals surface area contributed by atoms with Gasteiger partial charge in [0.2, 0.25) is 0 Å². The van der Waals surface area contributed by atoms with E-state index in [0.29, 0.717) is 12.0 Å². The van der Waals surface area contributed by atoms with Crippen molar-refractivity contribution in [2.75, 3.05) is 0 Å². The van der Waals surface area contributed by atoms with Crippen molar-refractivity contribution in [1.82, 2.24) is 4.98 Å². The van der Waals surface area contributed by atoms with Crippen LogP contribution in [0.1, 0.15) is 35.9 Å². The third-order valence-electron chi connectivity index (χ3n) is 3.05. The van der Waals surface area contributed by atoms with Crippen LogP contribution in [0.25, 0.3) is 10.9 Å². The quantitative estimate of drug-likeness (QED) is 0.855. The summed E-state index contributed by atoms with van der Waals surface area (Å²) in [7, 11) is 0. The summed E-state index contributed by atoms with van der Waals surface area (Å²) in [6, 6.07) is 3.79. The van der Waals surface area contributed by atoms with Gasteiger partial charge in [-0.3, -0.25) is 9.59 Å². The topological polar surface area (TPSA) is 59.2 Å². The number of aromatic amines is 1. The predicted octanol–water partition coefficient (Wildman–Crippen LogP) is 3.61. The fraction of sp³-hybridized carbons (Fsp3) is 0.286. The number of benzene rings is 1. The van der Waals surface area contributed by atoms with E-state index in [1.807, 2.05) is 26.0 Å². The molecule has 0 saturated carbocycles. The minimum atomic E-state index is -0.304.